The van der Waals surface area contributed by atoms with Crippen molar-refractivity contribution >= 4 is 23.5 Å². The molecule has 1 aliphatic rings. The number of ketones is 1. The van der Waals surface area contributed by atoms with Crippen LogP contribution in [0.2, 0.25) is 0 Å². The van der Waals surface area contributed by atoms with Crippen molar-refractivity contribution in [2.24, 2.45) is 7.05 Å². The summed E-state index contributed by atoms with van der Waals surface area (Å²) >= 11 is 1.84. The van der Waals surface area contributed by atoms with Crippen molar-refractivity contribution < 1.29 is 9.59 Å². The van der Waals surface area contributed by atoms with Gasteiger partial charge < -0.3 is 4.90 Å². The molecule has 2 rings (SSSR count). The number of thioether (sulfide) groups is 1. The number of carbonyl (C=O) groups is 2. The zero-order chi connectivity index (χ0) is 15.0. The fourth-order valence-corrected chi connectivity index (χ4v) is 3.66. The summed E-state index contributed by atoms with van der Waals surface area (Å²) in [6.45, 7) is 8.33. The summed E-state index contributed by atoms with van der Waals surface area (Å²) in [4.78, 5) is 26.7. The third-order valence-corrected chi connectivity index (χ3v) is 5.41. The first-order valence-corrected chi connectivity index (χ1v) is 7.86. The number of amides is 1. The molecule has 0 spiro atoms. The molecule has 0 aromatic carbocycles. The van der Waals surface area contributed by atoms with Crippen molar-refractivity contribution in [1.82, 2.24) is 14.7 Å². The Hall–Kier alpha value is -1.30. The van der Waals surface area contributed by atoms with Gasteiger partial charge in [-0.2, -0.15) is 16.9 Å². The van der Waals surface area contributed by atoms with E-state index in [2.05, 4.69) is 12.0 Å². The lowest BCUT2D eigenvalue weighted by Gasteiger charge is -2.37. The molecule has 1 fully saturated rings. The molecular formula is C14H21N3O2S. The second-order valence-corrected chi connectivity index (χ2v) is 6.80. The minimum atomic E-state index is -0.431. The highest BCUT2D eigenvalue weighted by Gasteiger charge is 2.34. The average Bonchev–Trinajstić information content (AvgIpc) is 2.65. The van der Waals surface area contributed by atoms with Crippen LogP contribution >= 0.6 is 11.8 Å². The maximum atomic E-state index is 12.5. The van der Waals surface area contributed by atoms with Gasteiger partial charge in [0.1, 0.15) is 0 Å². The van der Waals surface area contributed by atoms with Gasteiger partial charge in [0, 0.05) is 36.3 Å². The Kier molecular flexibility index (Phi) is 4.22. The summed E-state index contributed by atoms with van der Waals surface area (Å²) in [5.74, 6) is 0.0538. The minimum absolute atomic E-state index is 0.0856. The number of Topliss-reactive ketones (excluding diaryl/α,β-unsaturated/α-hetero) is 1. The molecule has 5 nitrogen and oxygen atoms in total. The molecule has 2 atom stereocenters. The summed E-state index contributed by atoms with van der Waals surface area (Å²) in [6.07, 6.45) is 0. The molecule has 0 saturated carbocycles. The summed E-state index contributed by atoms with van der Waals surface area (Å²) in [5.41, 5.74) is 1.82. The van der Waals surface area contributed by atoms with Crippen LogP contribution in [-0.4, -0.2) is 50.0 Å². The first-order valence-electron chi connectivity index (χ1n) is 6.81. The molecular weight excluding hydrogens is 274 g/mol. The molecule has 6 heteroatoms. The van der Waals surface area contributed by atoms with Crippen molar-refractivity contribution in [1.29, 1.82) is 0 Å². The summed E-state index contributed by atoms with van der Waals surface area (Å²) in [7, 11) is 1.78. The monoisotopic (exact) mass is 295 g/mol. The summed E-state index contributed by atoms with van der Waals surface area (Å²) in [5, 5.41) is 4.57. The van der Waals surface area contributed by atoms with E-state index in [1.54, 1.807) is 23.6 Å². The Labute approximate surface area is 123 Å². The van der Waals surface area contributed by atoms with Crippen LogP contribution in [0.15, 0.2) is 0 Å². The van der Waals surface area contributed by atoms with Crippen LogP contribution < -0.4 is 0 Å². The lowest BCUT2D eigenvalue weighted by atomic mass is 10.1. The van der Waals surface area contributed by atoms with Crippen molar-refractivity contribution in [3.8, 4) is 0 Å². The van der Waals surface area contributed by atoms with Crippen LogP contribution in [0.3, 0.4) is 0 Å². The van der Waals surface area contributed by atoms with E-state index in [0.29, 0.717) is 23.1 Å². The van der Waals surface area contributed by atoms with Crippen LogP contribution in [0.5, 0.6) is 0 Å². The molecule has 0 aliphatic carbocycles. The average molecular weight is 295 g/mol. The third kappa shape index (κ3) is 2.49. The number of nitrogens with zero attached hydrogens (tertiary/aromatic N) is 3. The molecule has 0 bridgehead atoms. The van der Waals surface area contributed by atoms with Crippen LogP contribution in [0.4, 0.5) is 0 Å². The minimum Gasteiger partial charge on any atom is -0.331 e. The van der Waals surface area contributed by atoms with Crippen LogP contribution in [0.1, 0.15) is 35.6 Å². The van der Waals surface area contributed by atoms with E-state index in [9.17, 15) is 9.59 Å². The Morgan fingerprint density at radius 3 is 2.50 bits per heavy atom. The number of hydrogen-bond donors (Lipinski definition) is 0. The lowest BCUT2D eigenvalue weighted by molar-refractivity contribution is -0.128. The van der Waals surface area contributed by atoms with Crippen LogP contribution in [0.25, 0.3) is 0 Å². The van der Waals surface area contributed by atoms with Gasteiger partial charge in [-0.25, -0.2) is 0 Å². The van der Waals surface area contributed by atoms with Crippen LogP contribution in [-0.2, 0) is 11.8 Å². The molecule has 0 unspecified atom stereocenters. The van der Waals surface area contributed by atoms with Crippen LogP contribution in [0, 0.1) is 13.8 Å². The van der Waals surface area contributed by atoms with Crippen molar-refractivity contribution in [3.63, 3.8) is 0 Å². The molecule has 1 saturated heterocycles. The van der Waals surface area contributed by atoms with Gasteiger partial charge in [0.15, 0.2) is 0 Å². The second kappa shape index (κ2) is 5.60. The van der Waals surface area contributed by atoms with E-state index in [4.69, 9.17) is 0 Å². The van der Waals surface area contributed by atoms with E-state index in [1.165, 1.54) is 0 Å². The maximum Gasteiger partial charge on any atom is 0.295 e. The van der Waals surface area contributed by atoms with Crippen molar-refractivity contribution in [2.75, 3.05) is 12.3 Å². The fourth-order valence-electron chi connectivity index (χ4n) is 2.56. The molecule has 1 aromatic rings. The van der Waals surface area contributed by atoms with Crippen molar-refractivity contribution in [2.45, 2.75) is 39.0 Å². The summed E-state index contributed by atoms with van der Waals surface area (Å²) < 4.78 is 1.65. The van der Waals surface area contributed by atoms with E-state index < -0.39 is 11.7 Å². The Morgan fingerprint density at radius 2 is 1.95 bits per heavy atom. The van der Waals surface area contributed by atoms with E-state index in [1.807, 2.05) is 25.6 Å². The zero-order valence-corrected chi connectivity index (χ0v) is 13.5. The van der Waals surface area contributed by atoms with Gasteiger partial charge in [0.25, 0.3) is 11.7 Å². The highest BCUT2D eigenvalue weighted by molar-refractivity contribution is 8.00. The molecule has 20 heavy (non-hydrogen) atoms. The first-order chi connectivity index (χ1) is 9.34. The van der Waals surface area contributed by atoms with Gasteiger partial charge in [-0.15, -0.1) is 0 Å². The standard InChI is InChI=1S/C14H21N3O2S/c1-8-12(10(3)16(5)15-8)13(18)14(19)17-6-7-20-11(4)9(17)2/h9,11H,6-7H2,1-5H3/t9-,11-/m1/s1. The van der Waals surface area contributed by atoms with E-state index in [-0.39, 0.29) is 6.04 Å². The largest absolute Gasteiger partial charge is 0.331 e. The highest BCUT2D eigenvalue weighted by Crippen LogP contribution is 2.25. The van der Waals surface area contributed by atoms with Gasteiger partial charge in [-0.05, 0) is 20.8 Å². The molecule has 0 N–H and O–H groups in total. The quantitative estimate of drug-likeness (QED) is 0.614. The molecule has 110 valence electrons. The first kappa shape index (κ1) is 15.1. The molecule has 1 aliphatic heterocycles. The molecule has 1 aromatic heterocycles. The molecule has 0 radical (unpaired) electrons. The maximum absolute atomic E-state index is 12.5. The summed E-state index contributed by atoms with van der Waals surface area (Å²) in [6, 6.07) is 0.0856. The fraction of sp³-hybridized carbons (Fsp3) is 0.643. The molecule has 1 amide bonds. The van der Waals surface area contributed by atoms with Gasteiger partial charge in [-0.1, -0.05) is 6.92 Å². The number of hydrogen-bond acceptors (Lipinski definition) is 4. The normalized spacial score (nSPS) is 22.9. The Balaban J connectivity index is 2.27. The van der Waals surface area contributed by atoms with E-state index in [0.717, 1.165) is 11.4 Å². The lowest BCUT2D eigenvalue weighted by Crippen LogP contribution is -2.50. The number of rotatable bonds is 2. The highest BCUT2D eigenvalue weighted by atomic mass is 32.2. The number of aryl methyl sites for hydroxylation is 2. The SMILES string of the molecule is Cc1nn(C)c(C)c1C(=O)C(=O)N1CCS[C@H](C)[C@H]1C. The number of carbonyl (C=O) groups excluding carboxylic acids is 2. The predicted molar refractivity (Wildman–Crippen MR) is 80.1 cm³/mol. The zero-order valence-electron chi connectivity index (χ0n) is 12.6. The predicted octanol–water partition coefficient (Wildman–Crippen LogP) is 1.57. The van der Waals surface area contributed by atoms with E-state index >= 15 is 0 Å². The smallest absolute Gasteiger partial charge is 0.295 e. The Bertz CT molecular complexity index is 553. The molecule has 2 heterocycles. The van der Waals surface area contributed by atoms with Gasteiger partial charge in [-0.3, -0.25) is 14.3 Å². The number of aromatic nitrogens is 2. The van der Waals surface area contributed by atoms with Gasteiger partial charge in [0.2, 0.25) is 0 Å². The van der Waals surface area contributed by atoms with Crippen molar-refractivity contribution in [3.05, 3.63) is 17.0 Å². The third-order valence-electron chi connectivity index (χ3n) is 4.08. The van der Waals surface area contributed by atoms with Gasteiger partial charge >= 0.3 is 0 Å². The topological polar surface area (TPSA) is 55.2 Å². The second-order valence-electron chi connectivity index (χ2n) is 5.31. The van der Waals surface area contributed by atoms with Gasteiger partial charge in [0.05, 0.1) is 11.3 Å². The Morgan fingerprint density at radius 1 is 1.30 bits per heavy atom.